The fraction of sp³-hybridized carbons (Fsp3) is 0.441. The Hall–Kier alpha value is -12.6. The van der Waals surface area contributed by atoms with Crippen molar-refractivity contribution in [2.75, 3.05) is 19.6 Å². The van der Waals surface area contributed by atoms with Crippen LogP contribution in [0.2, 0.25) is 0 Å². The summed E-state index contributed by atoms with van der Waals surface area (Å²) in [6, 6.07) is 4.61. The summed E-state index contributed by atoms with van der Waals surface area (Å²) in [6.07, 6.45) is -4.60. The van der Waals surface area contributed by atoms with Gasteiger partial charge in [0.05, 0.1) is 25.7 Å². The number of rotatable bonds is 49. The molecule has 3 aromatic carbocycles. The molecular formula is C68H96N22O18. The monoisotopic (exact) mass is 1510 g/mol. The zero-order valence-electron chi connectivity index (χ0n) is 59.2. The van der Waals surface area contributed by atoms with E-state index in [2.05, 4.69) is 68.8 Å². The molecule has 0 aliphatic heterocycles. The number of aliphatic carboxylic acids is 1. The third-order valence-electron chi connectivity index (χ3n) is 16.4. The average molecular weight is 1510 g/mol. The van der Waals surface area contributed by atoms with Gasteiger partial charge in [-0.15, -0.1) is 0 Å². The number of H-pyrrole nitrogens is 1. The number of benzene rings is 3. The molecule has 0 fully saturated rings. The number of carboxylic acids is 1. The molecule has 4 aromatic rings. The van der Waals surface area contributed by atoms with Crippen molar-refractivity contribution < 1.29 is 86.6 Å². The van der Waals surface area contributed by atoms with E-state index < -0.39 is 211 Å². The molecule has 1 aromatic heterocycles. The van der Waals surface area contributed by atoms with Crippen LogP contribution in [0.25, 0.3) is 10.9 Å². The van der Waals surface area contributed by atoms with Crippen molar-refractivity contribution in [3.63, 3.8) is 0 Å². The molecule has 4 rings (SSSR count). The first kappa shape index (κ1) is 87.8. The highest BCUT2D eigenvalue weighted by Gasteiger charge is 2.38. The number of nitrogens with two attached hydrogens (primary N) is 8. The van der Waals surface area contributed by atoms with E-state index in [1.165, 1.54) is 0 Å². The summed E-state index contributed by atoms with van der Waals surface area (Å²) in [5.41, 5.74) is 46.1. The molecule has 586 valence electrons. The number of guanidine groups is 1. The minimum Gasteiger partial charge on any atom is -0.481 e. The van der Waals surface area contributed by atoms with Gasteiger partial charge < -0.3 is 120 Å². The third-order valence-corrected chi connectivity index (χ3v) is 16.4. The number of para-hydroxylation sites is 1. The van der Waals surface area contributed by atoms with E-state index in [1.54, 1.807) is 91.1 Å². The van der Waals surface area contributed by atoms with Gasteiger partial charge in [0.15, 0.2) is 5.96 Å². The number of amides is 16. The fourth-order valence-corrected chi connectivity index (χ4v) is 11.0. The highest BCUT2D eigenvalue weighted by atomic mass is 16.4. The maximum Gasteiger partial charge on any atom is 0.303 e. The van der Waals surface area contributed by atoms with Gasteiger partial charge in [0, 0.05) is 56.3 Å². The number of primary amides is 5. The van der Waals surface area contributed by atoms with Gasteiger partial charge in [0.1, 0.15) is 66.5 Å². The lowest BCUT2D eigenvalue weighted by Gasteiger charge is -2.28. The van der Waals surface area contributed by atoms with Crippen molar-refractivity contribution >= 4 is 117 Å². The molecule has 108 heavy (non-hydrogen) atoms. The molecule has 0 spiro atoms. The van der Waals surface area contributed by atoms with Crippen LogP contribution in [-0.4, -0.2) is 203 Å². The number of hydrogen-bond donors (Lipinski definition) is 23. The zero-order chi connectivity index (χ0) is 80.2. The predicted octanol–water partition coefficient (Wildman–Crippen LogP) is -7.86. The van der Waals surface area contributed by atoms with Crippen LogP contribution in [0.1, 0.15) is 101 Å². The van der Waals surface area contributed by atoms with E-state index in [9.17, 15) is 77.0 Å². The summed E-state index contributed by atoms with van der Waals surface area (Å²) in [4.78, 5) is 231. The number of carboxylic acid groups (broad SMARTS) is 1. The second-order valence-corrected chi connectivity index (χ2v) is 25.2. The second-order valence-electron chi connectivity index (χ2n) is 25.2. The first-order valence-electron chi connectivity index (χ1n) is 34.2. The molecule has 31 N–H and O–H groups in total. The van der Waals surface area contributed by atoms with Gasteiger partial charge in [0.25, 0.3) is 0 Å². The molecule has 0 saturated carbocycles. The second kappa shape index (κ2) is 44.9. The lowest BCUT2D eigenvalue weighted by Crippen LogP contribution is -2.61. The Bertz CT molecular complexity index is 3850. The summed E-state index contributed by atoms with van der Waals surface area (Å²) in [5, 5.41) is 47.4. The van der Waals surface area contributed by atoms with E-state index >= 15 is 9.59 Å². The number of hydrogen-bond acceptors (Lipinski definition) is 20. The Morgan fingerprint density at radius 1 is 0.389 bits per heavy atom. The molecule has 0 aliphatic carbocycles. The Balaban J connectivity index is 1.74. The zero-order valence-corrected chi connectivity index (χ0v) is 59.2. The molecule has 1 heterocycles. The molecule has 0 bridgehead atoms. The van der Waals surface area contributed by atoms with Crippen molar-refractivity contribution in [2.24, 2.45) is 45.9 Å². The van der Waals surface area contributed by atoms with E-state index in [0.29, 0.717) is 27.6 Å². The number of aromatic amines is 1. The molecule has 11 atom stereocenters. The van der Waals surface area contributed by atoms with Crippen molar-refractivity contribution in [1.29, 1.82) is 5.41 Å². The molecule has 40 heteroatoms. The van der Waals surface area contributed by atoms with Crippen molar-refractivity contribution in [3.8, 4) is 0 Å². The first-order chi connectivity index (χ1) is 51.2. The van der Waals surface area contributed by atoms with Gasteiger partial charge in [0.2, 0.25) is 94.5 Å². The molecule has 40 nitrogen and oxygen atoms in total. The summed E-state index contributed by atoms with van der Waals surface area (Å²) in [5.74, 6) is -19.2. The van der Waals surface area contributed by atoms with Gasteiger partial charge >= 0.3 is 5.97 Å². The standard InChI is InChI=1S/C68H96N22O18/c1-35(91)80-49(31-53(72)93)65(106)90-50(32-54(73)94)66(107)83-43(21-12-26-78-68(76)77)60(101)87-46(27-36-13-4-2-5-14-36)62(103)81-42(20-11-25-70)59(100)88-48(29-38-34-79-40-18-9-8-17-39(38)40)64(105)82-41(19-10-24-69)58(99)86-47(28-37-15-6-3-7-16-37)63(104)84-44(22-23-56(96)97)61(102)89-51(33-55(74)95)67(108)85-45(57(75)98)30-52(71)92/h2-9,13-18,34,41-51,79H,10-12,19-33,69-70H2,1H3,(H2,71,92)(H2,72,93)(H2,73,94)(H2,74,95)(H2,75,98)(H,80,91)(H,81,103)(H,82,105)(H,83,107)(H,84,104)(H,85,108)(H,86,99)(H,87,101)(H,88,100)(H,89,102)(H,90,106)(H,96,97)(H4,76,77,78)/t41-,42-,43-,44-,45-,46-,47-,48-,49-,50-,51-/m0/s1. The Labute approximate surface area is 618 Å². The van der Waals surface area contributed by atoms with Gasteiger partial charge in [-0.1, -0.05) is 78.9 Å². The van der Waals surface area contributed by atoms with Crippen LogP contribution >= 0.6 is 0 Å². The molecule has 0 radical (unpaired) electrons. The van der Waals surface area contributed by atoms with Crippen LogP contribution in [0.4, 0.5) is 0 Å². The van der Waals surface area contributed by atoms with Crippen LogP contribution in [0.5, 0.6) is 0 Å². The van der Waals surface area contributed by atoms with Crippen LogP contribution in [0.3, 0.4) is 0 Å². The molecule has 0 aliphatic rings. The number of fused-ring (bicyclic) bond motifs is 1. The molecular weight excluding hydrogens is 1410 g/mol. The van der Waals surface area contributed by atoms with Crippen LogP contribution in [-0.2, 0) is 101 Å². The Morgan fingerprint density at radius 3 is 1.07 bits per heavy atom. The quantitative estimate of drug-likeness (QED) is 0.0111. The summed E-state index contributed by atoms with van der Waals surface area (Å²) in [6.45, 7) is 0.923. The average Bonchev–Trinajstić information content (AvgIpc) is 1.70. The number of carbonyl (C=O) groups is 17. The topological polar surface area (TPSA) is 703 Å². The van der Waals surface area contributed by atoms with E-state index in [1.807, 2.05) is 0 Å². The molecule has 0 saturated heterocycles. The smallest absolute Gasteiger partial charge is 0.303 e. The minimum absolute atomic E-state index is 0.00404. The third kappa shape index (κ3) is 31.4. The molecule has 0 unspecified atom stereocenters. The maximum absolute atomic E-state index is 15.1. The molecule has 16 amide bonds. The summed E-state index contributed by atoms with van der Waals surface area (Å²) < 4.78 is 0. The summed E-state index contributed by atoms with van der Waals surface area (Å²) >= 11 is 0. The van der Waals surface area contributed by atoms with Crippen LogP contribution in [0.15, 0.2) is 91.1 Å². The first-order valence-corrected chi connectivity index (χ1v) is 34.2. The number of carbonyl (C=O) groups excluding carboxylic acids is 16. The van der Waals surface area contributed by atoms with E-state index in [0.717, 1.165) is 6.92 Å². The largest absolute Gasteiger partial charge is 0.481 e. The lowest BCUT2D eigenvalue weighted by atomic mass is 10.0. The van der Waals surface area contributed by atoms with Gasteiger partial charge in [-0.05, 0) is 80.8 Å². The predicted molar refractivity (Wildman–Crippen MR) is 386 cm³/mol. The van der Waals surface area contributed by atoms with Crippen LogP contribution in [0, 0.1) is 5.41 Å². The number of nitrogens with one attached hydrogen (secondary N) is 14. The van der Waals surface area contributed by atoms with Crippen LogP contribution < -0.4 is 110 Å². The minimum atomic E-state index is -1.91. The van der Waals surface area contributed by atoms with Crippen molar-refractivity contribution in [2.45, 2.75) is 170 Å². The van der Waals surface area contributed by atoms with Gasteiger partial charge in [-0.25, -0.2) is 0 Å². The van der Waals surface area contributed by atoms with Gasteiger partial charge in [-0.2, -0.15) is 0 Å². The Kier molecular flexibility index (Phi) is 36.5. The van der Waals surface area contributed by atoms with Crippen molar-refractivity contribution in [1.82, 2.24) is 68.8 Å². The SMILES string of the molecule is CC(=O)N[C@@H](CC(N)=O)C(=O)N[C@@H](CC(N)=O)C(=O)N[C@@H](CCCNC(=N)N)C(=O)N[C@@H](Cc1ccccc1)C(=O)N[C@@H](CCCN)C(=O)N[C@@H](Cc1c[nH]c2ccccc12)C(=O)N[C@@H](CCCN)C(=O)N[C@@H](Cc1ccccc1)C(=O)N[C@@H](CCC(=O)O)C(=O)N[C@@H](CC(N)=O)C(=O)N[C@@H](CC(N)=O)C(N)=O. The van der Waals surface area contributed by atoms with Gasteiger partial charge in [-0.3, -0.25) is 86.9 Å². The lowest BCUT2D eigenvalue weighted by molar-refractivity contribution is -0.139. The normalized spacial score (nSPS) is 14.0. The number of aromatic nitrogens is 1. The fourth-order valence-electron chi connectivity index (χ4n) is 11.0. The highest BCUT2D eigenvalue weighted by Crippen LogP contribution is 2.20. The highest BCUT2D eigenvalue weighted by molar-refractivity contribution is 6.02. The van der Waals surface area contributed by atoms with E-state index in [4.69, 9.17) is 51.3 Å². The summed E-state index contributed by atoms with van der Waals surface area (Å²) in [7, 11) is 0. The Morgan fingerprint density at radius 2 is 0.704 bits per heavy atom. The van der Waals surface area contributed by atoms with Crippen molar-refractivity contribution in [3.05, 3.63) is 108 Å². The van der Waals surface area contributed by atoms with E-state index in [-0.39, 0.29) is 77.4 Å². The maximum atomic E-state index is 15.1.